The van der Waals surface area contributed by atoms with Crippen molar-refractivity contribution < 1.29 is 9.90 Å². The van der Waals surface area contributed by atoms with Crippen LogP contribution in [-0.2, 0) is 4.79 Å². The van der Waals surface area contributed by atoms with Crippen molar-refractivity contribution in [1.29, 1.82) is 0 Å². The third-order valence-corrected chi connectivity index (χ3v) is 1.83. The second kappa shape index (κ2) is 5.31. The van der Waals surface area contributed by atoms with Gasteiger partial charge in [0.1, 0.15) is 5.16 Å². The van der Waals surface area contributed by atoms with Crippen molar-refractivity contribution in [3.63, 3.8) is 0 Å². The van der Waals surface area contributed by atoms with Gasteiger partial charge in [0.15, 0.2) is 0 Å². The van der Waals surface area contributed by atoms with Crippen LogP contribution in [0.4, 0.5) is 0 Å². The van der Waals surface area contributed by atoms with Crippen LogP contribution in [0.2, 0.25) is 0 Å². The second-order valence-electron chi connectivity index (χ2n) is 1.88. The van der Waals surface area contributed by atoms with E-state index in [1.165, 1.54) is 6.08 Å². The molecule has 66 valence electrons. The predicted octanol–water partition coefficient (Wildman–Crippen LogP) is 2.56. The van der Waals surface area contributed by atoms with Crippen molar-refractivity contribution in [2.45, 2.75) is 6.92 Å². The predicted molar refractivity (Wildman–Crippen MR) is 57.8 cm³/mol. The minimum Gasteiger partial charge on any atom is -0.478 e. The topological polar surface area (TPSA) is 49.7 Å². The molecule has 0 radical (unpaired) electrons. The lowest BCUT2D eigenvalue weighted by molar-refractivity contribution is -0.132. The molecule has 12 heavy (non-hydrogen) atoms. The highest BCUT2D eigenvalue weighted by Gasteiger charge is 2.07. The van der Waals surface area contributed by atoms with Gasteiger partial charge in [-0.05, 0) is 42.3 Å². The third kappa shape index (κ3) is 3.87. The standard InChI is InChI=1S/C7H7ClINO2/c1-4(9)5(7(11)12)3-6(8)10-2/h3H,2H2,1H3,(H,11,12)/b5-4-,6-3-. The van der Waals surface area contributed by atoms with Crippen LogP contribution in [0, 0.1) is 0 Å². The molecule has 0 rings (SSSR count). The van der Waals surface area contributed by atoms with Crippen molar-refractivity contribution in [2.75, 3.05) is 0 Å². The smallest absolute Gasteiger partial charge is 0.336 e. The van der Waals surface area contributed by atoms with Gasteiger partial charge in [0.05, 0.1) is 5.57 Å². The van der Waals surface area contributed by atoms with Gasteiger partial charge in [-0.2, -0.15) is 0 Å². The van der Waals surface area contributed by atoms with Crippen molar-refractivity contribution in [1.82, 2.24) is 0 Å². The number of allylic oxidation sites excluding steroid dienone is 1. The van der Waals surface area contributed by atoms with Crippen molar-refractivity contribution >= 4 is 46.9 Å². The fraction of sp³-hybridized carbons (Fsp3) is 0.143. The SMILES string of the molecule is C=N/C(Cl)=C\C(C(=O)O)=C(/C)I. The average Bonchev–Trinajstić information content (AvgIpc) is 1.98. The van der Waals surface area contributed by atoms with Gasteiger partial charge in [0.25, 0.3) is 0 Å². The first-order valence-electron chi connectivity index (χ1n) is 2.92. The third-order valence-electron chi connectivity index (χ3n) is 1.02. The Hall–Kier alpha value is -0.360. The molecule has 0 spiro atoms. The number of carbonyl (C=O) groups is 1. The normalized spacial score (nSPS) is 13.8. The summed E-state index contributed by atoms with van der Waals surface area (Å²) in [7, 11) is 0. The van der Waals surface area contributed by atoms with Gasteiger partial charge in [-0.25, -0.2) is 4.79 Å². The number of aliphatic imine (C=N–C) groups is 1. The number of aliphatic carboxylic acids is 1. The summed E-state index contributed by atoms with van der Waals surface area (Å²) in [5.41, 5.74) is 0.132. The summed E-state index contributed by atoms with van der Waals surface area (Å²) < 4.78 is 0.641. The van der Waals surface area contributed by atoms with Crippen LogP contribution in [0.1, 0.15) is 6.92 Å². The summed E-state index contributed by atoms with van der Waals surface area (Å²) in [6, 6.07) is 0. The highest BCUT2D eigenvalue weighted by atomic mass is 127. The van der Waals surface area contributed by atoms with Crippen LogP contribution in [0.25, 0.3) is 0 Å². The molecule has 0 unspecified atom stereocenters. The van der Waals surface area contributed by atoms with E-state index in [4.69, 9.17) is 16.7 Å². The van der Waals surface area contributed by atoms with E-state index in [0.29, 0.717) is 3.58 Å². The van der Waals surface area contributed by atoms with Gasteiger partial charge in [0, 0.05) is 3.58 Å². The lowest BCUT2D eigenvalue weighted by Crippen LogP contribution is -1.98. The molecule has 0 aliphatic carbocycles. The summed E-state index contributed by atoms with van der Waals surface area (Å²) in [6.45, 7) is 4.84. The first-order valence-corrected chi connectivity index (χ1v) is 4.38. The van der Waals surface area contributed by atoms with Crippen molar-refractivity contribution in [3.05, 3.63) is 20.4 Å². The highest BCUT2D eigenvalue weighted by Crippen LogP contribution is 2.16. The first kappa shape index (κ1) is 11.6. The summed E-state index contributed by atoms with van der Waals surface area (Å²) in [5, 5.41) is 8.73. The van der Waals surface area contributed by atoms with E-state index < -0.39 is 5.97 Å². The number of hydrogen-bond donors (Lipinski definition) is 1. The van der Waals surface area contributed by atoms with Crippen LogP contribution < -0.4 is 0 Å². The van der Waals surface area contributed by atoms with Crippen LogP contribution in [0.5, 0.6) is 0 Å². The molecule has 0 aliphatic heterocycles. The zero-order chi connectivity index (χ0) is 9.72. The lowest BCUT2D eigenvalue weighted by atomic mass is 10.2. The molecule has 0 aliphatic rings. The minimum atomic E-state index is -1.02. The average molecular weight is 299 g/mol. The van der Waals surface area contributed by atoms with E-state index in [-0.39, 0.29) is 10.7 Å². The Balaban J connectivity index is 4.94. The maximum Gasteiger partial charge on any atom is 0.336 e. The Morgan fingerprint density at radius 1 is 1.75 bits per heavy atom. The summed E-state index contributed by atoms with van der Waals surface area (Å²) >= 11 is 7.38. The Labute approximate surface area is 89.0 Å². The van der Waals surface area contributed by atoms with E-state index in [1.54, 1.807) is 6.92 Å². The van der Waals surface area contributed by atoms with E-state index in [0.717, 1.165) is 0 Å². The van der Waals surface area contributed by atoms with E-state index >= 15 is 0 Å². The maximum atomic E-state index is 10.6. The Morgan fingerprint density at radius 3 is 2.50 bits per heavy atom. The monoisotopic (exact) mass is 299 g/mol. The molecule has 0 amide bonds. The molecule has 0 atom stereocenters. The number of nitrogens with zero attached hydrogens (tertiary/aromatic N) is 1. The molecule has 3 nitrogen and oxygen atoms in total. The molecule has 0 aromatic rings. The fourth-order valence-electron chi connectivity index (χ4n) is 0.473. The minimum absolute atomic E-state index is 0.0726. The van der Waals surface area contributed by atoms with Gasteiger partial charge in [0.2, 0.25) is 0 Å². The Kier molecular flexibility index (Phi) is 5.16. The number of rotatable bonds is 3. The second-order valence-corrected chi connectivity index (χ2v) is 3.88. The Bertz CT molecular complexity index is 267. The molecular formula is C7H7ClINO2. The zero-order valence-corrected chi connectivity index (χ0v) is 9.26. The largest absolute Gasteiger partial charge is 0.478 e. The molecule has 0 saturated carbocycles. The molecule has 0 saturated heterocycles. The molecule has 1 N–H and O–H groups in total. The van der Waals surface area contributed by atoms with Gasteiger partial charge >= 0.3 is 5.97 Å². The molecule has 0 aromatic heterocycles. The quantitative estimate of drug-likeness (QED) is 0.286. The summed E-state index contributed by atoms with van der Waals surface area (Å²) in [6.07, 6.45) is 1.26. The molecular weight excluding hydrogens is 292 g/mol. The number of carboxylic acid groups (broad SMARTS) is 1. The lowest BCUT2D eigenvalue weighted by Gasteiger charge is -1.96. The van der Waals surface area contributed by atoms with E-state index in [2.05, 4.69) is 11.7 Å². The molecule has 0 fully saturated rings. The van der Waals surface area contributed by atoms with Gasteiger partial charge in [-0.3, -0.25) is 4.99 Å². The van der Waals surface area contributed by atoms with Crippen LogP contribution in [0.3, 0.4) is 0 Å². The Morgan fingerprint density at radius 2 is 2.25 bits per heavy atom. The van der Waals surface area contributed by atoms with Crippen molar-refractivity contribution in [2.24, 2.45) is 4.99 Å². The molecule has 0 aromatic carbocycles. The number of halogens is 2. The zero-order valence-electron chi connectivity index (χ0n) is 6.34. The van der Waals surface area contributed by atoms with Crippen LogP contribution in [0.15, 0.2) is 25.4 Å². The number of carboxylic acids is 1. The van der Waals surface area contributed by atoms with Gasteiger partial charge in [-0.1, -0.05) is 11.6 Å². The highest BCUT2D eigenvalue weighted by molar-refractivity contribution is 14.1. The molecule has 5 heteroatoms. The van der Waals surface area contributed by atoms with Gasteiger partial charge < -0.3 is 5.11 Å². The fourth-order valence-corrected chi connectivity index (χ4v) is 0.969. The van der Waals surface area contributed by atoms with Crippen LogP contribution >= 0.6 is 34.2 Å². The van der Waals surface area contributed by atoms with Crippen molar-refractivity contribution in [3.8, 4) is 0 Å². The molecule has 0 heterocycles. The summed E-state index contributed by atoms with van der Waals surface area (Å²) in [4.78, 5) is 13.9. The first-order chi connectivity index (χ1) is 5.49. The van der Waals surface area contributed by atoms with Gasteiger partial charge in [-0.15, -0.1) is 0 Å². The molecule has 0 bridgehead atoms. The van der Waals surface area contributed by atoms with E-state index in [9.17, 15) is 4.79 Å². The van der Waals surface area contributed by atoms with Crippen LogP contribution in [-0.4, -0.2) is 17.8 Å². The van der Waals surface area contributed by atoms with E-state index in [1.807, 2.05) is 22.6 Å². The maximum absolute atomic E-state index is 10.6. The number of hydrogen-bond acceptors (Lipinski definition) is 2. The summed E-state index contributed by atoms with van der Waals surface area (Å²) in [5.74, 6) is -1.02.